The average Bonchev–Trinajstić information content (AvgIpc) is 2.87. The Balaban J connectivity index is 1.44. The Kier molecular flexibility index (Phi) is 9.64. The number of aliphatic hydroxyl groups is 1. The molecule has 0 aromatic heterocycles. The number of amides is 2. The Morgan fingerprint density at radius 3 is 2.24 bits per heavy atom. The molecule has 5 nitrogen and oxygen atoms in total. The van der Waals surface area contributed by atoms with Gasteiger partial charge in [-0.15, -0.1) is 0 Å². The van der Waals surface area contributed by atoms with Crippen molar-refractivity contribution in [2.75, 3.05) is 27.2 Å². The molecule has 1 saturated heterocycles. The number of aryl methyl sites for hydroxylation is 1. The number of hydrogen-bond acceptors (Lipinski definition) is 3. The molecule has 9 heteroatoms. The van der Waals surface area contributed by atoms with E-state index in [1.54, 1.807) is 20.2 Å². The molecule has 0 spiro atoms. The van der Waals surface area contributed by atoms with Crippen LogP contribution in [0.4, 0.5) is 13.2 Å². The third kappa shape index (κ3) is 6.85. The monoisotopic (exact) mass is 538 g/mol. The fraction of sp³-hybridized carbons (Fsp3) is 0.500. The van der Waals surface area contributed by atoms with E-state index in [1.807, 2.05) is 12.1 Å². The van der Waals surface area contributed by atoms with Crippen molar-refractivity contribution in [3.8, 4) is 0 Å². The topological polar surface area (TPSA) is 60.9 Å². The number of hydrogen-bond donors (Lipinski definition) is 1. The first-order valence-electron chi connectivity index (χ1n) is 12.6. The van der Waals surface area contributed by atoms with Gasteiger partial charge in [0.1, 0.15) is 0 Å². The van der Waals surface area contributed by atoms with Crippen LogP contribution in [0.1, 0.15) is 60.0 Å². The summed E-state index contributed by atoms with van der Waals surface area (Å²) in [4.78, 5) is 27.6. The van der Waals surface area contributed by atoms with Crippen LogP contribution in [0.15, 0.2) is 48.5 Å². The van der Waals surface area contributed by atoms with E-state index >= 15 is 0 Å². The molecule has 1 fully saturated rings. The molecule has 37 heavy (non-hydrogen) atoms. The molecule has 1 N–H and O–H groups in total. The molecular formula is C28H34ClF3N2O3. The van der Waals surface area contributed by atoms with Crippen LogP contribution in [0.25, 0.3) is 0 Å². The van der Waals surface area contributed by atoms with Gasteiger partial charge in [0.15, 0.2) is 0 Å². The summed E-state index contributed by atoms with van der Waals surface area (Å²) < 4.78 is 41.5. The van der Waals surface area contributed by atoms with E-state index in [0.717, 1.165) is 54.7 Å². The maximum atomic E-state index is 13.8. The predicted molar refractivity (Wildman–Crippen MR) is 137 cm³/mol. The lowest BCUT2D eigenvalue weighted by molar-refractivity contribution is -0.262. The minimum atomic E-state index is -5.12. The fourth-order valence-electron chi connectivity index (χ4n) is 4.81. The van der Waals surface area contributed by atoms with Gasteiger partial charge in [0.2, 0.25) is 0 Å². The van der Waals surface area contributed by atoms with Crippen molar-refractivity contribution in [3.05, 3.63) is 70.2 Å². The third-order valence-corrected chi connectivity index (χ3v) is 7.37. The molecule has 1 aliphatic rings. The SMILES string of the molecule is CN(C)C(=O)c1ccc(CCCCCC2CCN(C(=O)[C@](O)(c3ccccc3)C(F)(F)F)CC2)cc1Cl. The largest absolute Gasteiger partial charge is 0.430 e. The number of rotatable bonds is 9. The van der Waals surface area contributed by atoms with Gasteiger partial charge < -0.3 is 14.9 Å². The lowest BCUT2D eigenvalue weighted by atomic mass is 9.87. The Morgan fingerprint density at radius 2 is 1.68 bits per heavy atom. The summed E-state index contributed by atoms with van der Waals surface area (Å²) in [5.41, 5.74) is -2.45. The maximum Gasteiger partial charge on any atom is 0.430 e. The van der Waals surface area contributed by atoms with Gasteiger partial charge in [-0.05, 0) is 49.3 Å². The zero-order chi connectivity index (χ0) is 27.2. The van der Waals surface area contributed by atoms with Gasteiger partial charge in [0.05, 0.1) is 10.6 Å². The van der Waals surface area contributed by atoms with Crippen LogP contribution in [0, 0.1) is 5.92 Å². The second kappa shape index (κ2) is 12.3. The second-order valence-corrected chi connectivity index (χ2v) is 10.3. The lowest BCUT2D eigenvalue weighted by Crippen LogP contribution is -2.57. The van der Waals surface area contributed by atoms with Gasteiger partial charge in [0, 0.05) is 32.7 Å². The lowest BCUT2D eigenvalue weighted by Gasteiger charge is -2.38. The summed E-state index contributed by atoms with van der Waals surface area (Å²) in [6.45, 7) is 0.399. The summed E-state index contributed by atoms with van der Waals surface area (Å²) in [5.74, 6) is -1.10. The number of alkyl halides is 3. The molecule has 2 aromatic rings. The number of likely N-dealkylation sites (tertiary alicyclic amines) is 1. The van der Waals surface area contributed by atoms with Crippen LogP contribution in [0.2, 0.25) is 5.02 Å². The van der Waals surface area contributed by atoms with Crippen molar-refractivity contribution in [3.63, 3.8) is 0 Å². The Bertz CT molecular complexity index is 1070. The predicted octanol–water partition coefficient (Wildman–Crippen LogP) is 5.83. The smallest absolute Gasteiger partial charge is 0.369 e. The molecule has 202 valence electrons. The zero-order valence-electron chi connectivity index (χ0n) is 21.2. The third-order valence-electron chi connectivity index (χ3n) is 7.06. The first-order chi connectivity index (χ1) is 17.4. The van der Waals surface area contributed by atoms with E-state index in [2.05, 4.69) is 0 Å². The molecule has 2 amide bonds. The standard InChI is InChI=1S/C28H34ClF3N2O3/c1-33(2)25(35)23-14-13-21(19-24(23)29)10-6-3-5-9-20-15-17-34(18-16-20)26(36)27(37,28(30,31)32)22-11-7-4-8-12-22/h4,7-8,11-14,19-20,37H,3,5-6,9-10,15-18H2,1-2H3/t27-/m1/s1. The minimum Gasteiger partial charge on any atom is -0.369 e. The molecule has 0 unspecified atom stereocenters. The van der Waals surface area contributed by atoms with Crippen molar-refractivity contribution in [2.24, 2.45) is 5.92 Å². The molecule has 1 heterocycles. The first-order valence-corrected chi connectivity index (χ1v) is 13.0. The molecular weight excluding hydrogens is 505 g/mol. The van der Waals surface area contributed by atoms with Crippen molar-refractivity contribution >= 4 is 23.4 Å². The number of unbranched alkanes of at least 4 members (excludes halogenated alkanes) is 2. The molecule has 2 aromatic carbocycles. The van der Waals surface area contributed by atoms with E-state index in [-0.39, 0.29) is 19.0 Å². The summed E-state index contributed by atoms with van der Waals surface area (Å²) in [6, 6.07) is 12.1. The van der Waals surface area contributed by atoms with Crippen molar-refractivity contribution < 1.29 is 27.9 Å². The normalized spacial score (nSPS) is 16.4. The van der Waals surface area contributed by atoms with Crippen LogP contribution in [-0.2, 0) is 16.8 Å². The number of benzene rings is 2. The number of piperidine rings is 1. The van der Waals surface area contributed by atoms with Crippen LogP contribution < -0.4 is 0 Å². The summed E-state index contributed by atoms with van der Waals surface area (Å²) in [5, 5.41) is 11.0. The first kappa shape index (κ1) is 29.0. The van der Waals surface area contributed by atoms with Gasteiger partial charge >= 0.3 is 6.18 Å². The van der Waals surface area contributed by atoms with E-state index in [0.29, 0.717) is 29.3 Å². The quantitative estimate of drug-likeness (QED) is 0.408. The molecule has 3 rings (SSSR count). The molecule has 0 aliphatic carbocycles. The molecule has 1 atom stereocenters. The van der Waals surface area contributed by atoms with Gasteiger partial charge in [0.25, 0.3) is 17.4 Å². The summed E-state index contributed by atoms with van der Waals surface area (Å²) in [7, 11) is 3.36. The van der Waals surface area contributed by atoms with Crippen LogP contribution >= 0.6 is 11.6 Å². The number of nitrogens with zero attached hydrogens (tertiary/aromatic N) is 2. The highest BCUT2D eigenvalue weighted by Gasteiger charge is 2.62. The highest BCUT2D eigenvalue weighted by molar-refractivity contribution is 6.33. The van der Waals surface area contributed by atoms with Crippen molar-refractivity contribution in [1.29, 1.82) is 0 Å². The summed E-state index contributed by atoms with van der Waals surface area (Å²) >= 11 is 6.28. The maximum absolute atomic E-state index is 13.8. The van der Waals surface area contributed by atoms with Crippen LogP contribution in [-0.4, -0.2) is 60.1 Å². The minimum absolute atomic E-state index is 0.132. The van der Waals surface area contributed by atoms with Gasteiger partial charge in [-0.2, -0.15) is 13.2 Å². The van der Waals surface area contributed by atoms with Gasteiger partial charge in [-0.3, -0.25) is 9.59 Å². The number of carbonyl (C=O) groups excluding carboxylic acids is 2. The van der Waals surface area contributed by atoms with E-state index in [4.69, 9.17) is 11.6 Å². The molecule has 1 aliphatic heterocycles. The van der Waals surface area contributed by atoms with Gasteiger partial charge in [-0.1, -0.05) is 67.3 Å². The Hall–Kier alpha value is -2.58. The Labute approximate surface area is 221 Å². The molecule has 0 bridgehead atoms. The van der Waals surface area contributed by atoms with Crippen LogP contribution in [0.5, 0.6) is 0 Å². The molecule has 0 radical (unpaired) electrons. The zero-order valence-corrected chi connectivity index (χ0v) is 22.0. The second-order valence-electron chi connectivity index (χ2n) is 9.92. The van der Waals surface area contributed by atoms with Crippen molar-refractivity contribution in [1.82, 2.24) is 9.80 Å². The fourth-order valence-corrected chi connectivity index (χ4v) is 5.09. The van der Waals surface area contributed by atoms with E-state index in [1.165, 1.54) is 23.1 Å². The molecule has 0 saturated carbocycles. The average molecular weight is 539 g/mol. The van der Waals surface area contributed by atoms with Crippen molar-refractivity contribution in [2.45, 2.75) is 56.7 Å². The highest BCUT2D eigenvalue weighted by atomic mass is 35.5. The Morgan fingerprint density at radius 1 is 1.03 bits per heavy atom. The van der Waals surface area contributed by atoms with E-state index < -0.39 is 23.2 Å². The van der Waals surface area contributed by atoms with Gasteiger partial charge in [-0.25, -0.2) is 0 Å². The van der Waals surface area contributed by atoms with Crippen LogP contribution in [0.3, 0.4) is 0 Å². The van der Waals surface area contributed by atoms with E-state index in [9.17, 15) is 27.9 Å². The summed E-state index contributed by atoms with van der Waals surface area (Å²) in [6.07, 6.45) is 0.854. The number of halogens is 4. The highest BCUT2D eigenvalue weighted by Crippen LogP contribution is 2.41. The number of carbonyl (C=O) groups is 2.